The Morgan fingerprint density at radius 1 is 1.11 bits per heavy atom. The van der Waals surface area contributed by atoms with E-state index in [0.29, 0.717) is 18.9 Å². The Kier molecular flexibility index (Phi) is 5.86. The number of nitrogens with zero attached hydrogens (tertiary/aromatic N) is 2. The van der Waals surface area contributed by atoms with Crippen molar-refractivity contribution in [2.75, 3.05) is 31.6 Å². The molecule has 140 valence electrons. The molecule has 0 atom stereocenters. The average molecular weight is 385 g/mol. The number of hydrogen-bond acceptors (Lipinski definition) is 5. The number of carbonyl (C=O) groups excluding carboxylic acids is 1. The lowest BCUT2D eigenvalue weighted by Crippen LogP contribution is -2.41. The molecule has 1 aliphatic heterocycles. The summed E-state index contributed by atoms with van der Waals surface area (Å²) in [6.45, 7) is 1.20. The molecule has 0 unspecified atom stereocenters. The second-order valence-corrected chi connectivity index (χ2v) is 7.90. The Labute approximate surface area is 158 Å². The molecule has 1 fully saturated rings. The fourth-order valence-corrected chi connectivity index (χ4v) is 4.40. The van der Waals surface area contributed by atoms with Gasteiger partial charge in [0.05, 0.1) is 36.2 Å². The number of benzene rings is 2. The van der Waals surface area contributed by atoms with Gasteiger partial charge in [-0.25, -0.2) is 8.42 Å². The fraction of sp³-hybridized carbons (Fsp3) is 0.263. The minimum absolute atomic E-state index is 0.0227. The first kappa shape index (κ1) is 19.0. The second kappa shape index (κ2) is 8.31. The molecule has 8 heteroatoms. The van der Waals surface area contributed by atoms with Crippen LogP contribution in [0.4, 0.5) is 5.69 Å². The van der Waals surface area contributed by atoms with Crippen LogP contribution in [-0.2, 0) is 21.2 Å². The molecule has 0 spiro atoms. The highest BCUT2D eigenvalue weighted by atomic mass is 32.2. The molecule has 0 saturated carbocycles. The molecule has 0 bridgehead atoms. The summed E-state index contributed by atoms with van der Waals surface area (Å²) < 4.78 is 32.4. The topological polar surface area (TPSA) is 99.5 Å². The highest BCUT2D eigenvalue weighted by molar-refractivity contribution is 7.89. The monoisotopic (exact) mass is 385 g/mol. The second-order valence-electron chi connectivity index (χ2n) is 6.00. The van der Waals surface area contributed by atoms with Crippen LogP contribution < -0.4 is 5.32 Å². The number of ether oxygens (including phenoxy) is 1. The third-order valence-electron chi connectivity index (χ3n) is 4.21. The number of nitrogens with one attached hydrogen (secondary N) is 1. The minimum atomic E-state index is -3.79. The van der Waals surface area contributed by atoms with Crippen molar-refractivity contribution in [1.29, 1.82) is 5.26 Å². The van der Waals surface area contributed by atoms with E-state index in [4.69, 9.17) is 10.00 Å². The normalized spacial score (nSPS) is 15.1. The van der Waals surface area contributed by atoms with Crippen LogP contribution in [0.15, 0.2) is 53.4 Å². The zero-order chi connectivity index (χ0) is 19.3. The first-order valence-corrected chi connectivity index (χ1v) is 9.90. The number of rotatable bonds is 5. The summed E-state index contributed by atoms with van der Waals surface area (Å²) in [6, 6.07) is 15.1. The molecule has 27 heavy (non-hydrogen) atoms. The first-order chi connectivity index (χ1) is 13.0. The smallest absolute Gasteiger partial charge is 0.257 e. The third kappa shape index (κ3) is 4.34. The van der Waals surface area contributed by atoms with Gasteiger partial charge in [-0.05, 0) is 29.8 Å². The highest BCUT2D eigenvalue weighted by Crippen LogP contribution is 2.22. The van der Waals surface area contributed by atoms with E-state index in [1.165, 1.54) is 16.4 Å². The van der Waals surface area contributed by atoms with Crippen LogP contribution in [0, 0.1) is 11.3 Å². The lowest BCUT2D eigenvalue weighted by molar-refractivity contribution is 0.0730. The van der Waals surface area contributed by atoms with E-state index in [0.717, 1.165) is 5.56 Å². The Morgan fingerprint density at radius 2 is 1.78 bits per heavy atom. The van der Waals surface area contributed by atoms with Gasteiger partial charge in [0, 0.05) is 18.8 Å². The molecule has 0 aromatic heterocycles. The molecule has 3 rings (SSSR count). The Morgan fingerprint density at radius 3 is 2.44 bits per heavy atom. The van der Waals surface area contributed by atoms with Crippen LogP contribution >= 0.6 is 0 Å². The molecule has 0 aliphatic carbocycles. The number of hydrogen-bond donors (Lipinski definition) is 1. The van der Waals surface area contributed by atoms with E-state index in [2.05, 4.69) is 11.4 Å². The van der Waals surface area contributed by atoms with Crippen molar-refractivity contribution < 1.29 is 17.9 Å². The first-order valence-electron chi connectivity index (χ1n) is 8.46. The van der Waals surface area contributed by atoms with Crippen molar-refractivity contribution in [2.24, 2.45) is 0 Å². The number of anilines is 1. The van der Waals surface area contributed by atoms with E-state index in [9.17, 15) is 13.2 Å². The van der Waals surface area contributed by atoms with Gasteiger partial charge in [0.25, 0.3) is 5.91 Å². The minimum Gasteiger partial charge on any atom is -0.379 e. The molecule has 2 aromatic rings. The number of nitriles is 1. The van der Waals surface area contributed by atoms with Crippen molar-refractivity contribution in [3.8, 4) is 6.07 Å². The Balaban J connectivity index is 1.84. The summed E-state index contributed by atoms with van der Waals surface area (Å²) in [5, 5.41) is 11.4. The summed E-state index contributed by atoms with van der Waals surface area (Å²) in [5.41, 5.74) is 1.45. The number of amides is 1. The summed E-state index contributed by atoms with van der Waals surface area (Å²) in [6.07, 6.45) is 0.287. The predicted octanol–water partition coefficient (Wildman–Crippen LogP) is 2.03. The maximum Gasteiger partial charge on any atom is 0.257 e. The van der Waals surface area contributed by atoms with Gasteiger partial charge < -0.3 is 10.1 Å². The van der Waals surface area contributed by atoms with E-state index in [1.54, 1.807) is 36.4 Å². The predicted molar refractivity (Wildman–Crippen MR) is 99.7 cm³/mol. The molecule has 7 nitrogen and oxygen atoms in total. The SMILES string of the molecule is N#CCc1ccc(NC(=O)c2ccccc2S(=O)(=O)N2CCOCC2)cc1. The van der Waals surface area contributed by atoms with Crippen molar-refractivity contribution in [2.45, 2.75) is 11.3 Å². The van der Waals surface area contributed by atoms with Crippen molar-refractivity contribution in [1.82, 2.24) is 4.31 Å². The molecular formula is C19H19N3O4S. The van der Waals surface area contributed by atoms with E-state index < -0.39 is 15.9 Å². The molecular weight excluding hydrogens is 366 g/mol. The largest absolute Gasteiger partial charge is 0.379 e. The van der Waals surface area contributed by atoms with Gasteiger partial charge >= 0.3 is 0 Å². The molecule has 1 amide bonds. The van der Waals surface area contributed by atoms with E-state index in [1.807, 2.05) is 0 Å². The summed E-state index contributed by atoms with van der Waals surface area (Å²) in [5.74, 6) is -0.504. The van der Waals surface area contributed by atoms with Gasteiger partial charge in [0.1, 0.15) is 0 Å². The van der Waals surface area contributed by atoms with E-state index >= 15 is 0 Å². The lowest BCUT2D eigenvalue weighted by Gasteiger charge is -2.26. The zero-order valence-corrected chi connectivity index (χ0v) is 15.4. The number of morpholine rings is 1. The standard InChI is InChI=1S/C19H19N3O4S/c20-10-9-15-5-7-16(8-6-15)21-19(23)17-3-1-2-4-18(17)27(24,25)22-11-13-26-14-12-22/h1-8H,9,11-14H2,(H,21,23). The molecule has 2 aromatic carbocycles. The summed E-state index contributed by atoms with van der Waals surface area (Å²) >= 11 is 0. The third-order valence-corrected chi connectivity index (χ3v) is 6.17. The van der Waals surface area contributed by atoms with Crippen LogP contribution in [0.3, 0.4) is 0 Å². The Bertz CT molecular complexity index is 959. The molecule has 1 heterocycles. The van der Waals surface area contributed by atoms with Crippen LogP contribution in [0.5, 0.6) is 0 Å². The van der Waals surface area contributed by atoms with Gasteiger partial charge in [-0.2, -0.15) is 9.57 Å². The van der Waals surface area contributed by atoms with Crippen molar-refractivity contribution in [3.63, 3.8) is 0 Å². The quantitative estimate of drug-likeness (QED) is 0.849. The van der Waals surface area contributed by atoms with Crippen LogP contribution in [0.1, 0.15) is 15.9 Å². The fourth-order valence-electron chi connectivity index (χ4n) is 2.80. The van der Waals surface area contributed by atoms with Crippen LogP contribution in [0.25, 0.3) is 0 Å². The summed E-state index contributed by atoms with van der Waals surface area (Å²) in [4.78, 5) is 12.7. The Hall–Kier alpha value is -2.73. The van der Waals surface area contributed by atoms with Crippen LogP contribution in [-0.4, -0.2) is 44.9 Å². The van der Waals surface area contributed by atoms with Gasteiger partial charge in [-0.1, -0.05) is 24.3 Å². The molecule has 1 N–H and O–H groups in total. The van der Waals surface area contributed by atoms with Gasteiger partial charge in [-0.3, -0.25) is 4.79 Å². The van der Waals surface area contributed by atoms with E-state index in [-0.39, 0.29) is 30.0 Å². The number of sulfonamides is 1. The molecule has 1 saturated heterocycles. The van der Waals surface area contributed by atoms with Crippen LogP contribution in [0.2, 0.25) is 0 Å². The van der Waals surface area contributed by atoms with Gasteiger partial charge in [0.15, 0.2) is 0 Å². The maximum atomic E-state index is 12.9. The van der Waals surface area contributed by atoms with Gasteiger partial charge in [-0.15, -0.1) is 0 Å². The van der Waals surface area contributed by atoms with Crippen molar-refractivity contribution in [3.05, 3.63) is 59.7 Å². The zero-order valence-electron chi connectivity index (χ0n) is 14.6. The number of carbonyl (C=O) groups is 1. The summed E-state index contributed by atoms with van der Waals surface area (Å²) in [7, 11) is -3.79. The van der Waals surface area contributed by atoms with Gasteiger partial charge in [0.2, 0.25) is 10.0 Å². The molecule has 0 radical (unpaired) electrons. The molecule has 1 aliphatic rings. The van der Waals surface area contributed by atoms with Crippen molar-refractivity contribution >= 4 is 21.6 Å². The maximum absolute atomic E-state index is 12.9. The lowest BCUT2D eigenvalue weighted by atomic mass is 10.1. The average Bonchev–Trinajstić information content (AvgIpc) is 2.70. The highest BCUT2D eigenvalue weighted by Gasteiger charge is 2.30.